The Kier molecular flexibility index (Phi) is 10.1. The van der Waals surface area contributed by atoms with Gasteiger partial charge in [0.1, 0.15) is 0 Å². The van der Waals surface area contributed by atoms with E-state index in [4.69, 9.17) is 0 Å². The summed E-state index contributed by atoms with van der Waals surface area (Å²) in [6, 6.07) is 7.81. The van der Waals surface area contributed by atoms with E-state index in [1.807, 2.05) is 49.8 Å². The van der Waals surface area contributed by atoms with Crippen LogP contribution < -0.4 is 16.0 Å². The monoisotopic (exact) mass is 512 g/mol. The third kappa shape index (κ3) is 7.02. The van der Waals surface area contributed by atoms with Gasteiger partial charge >= 0.3 is 0 Å². The van der Waals surface area contributed by atoms with Gasteiger partial charge in [0.2, 0.25) is 0 Å². The minimum atomic E-state index is -0.0405. The van der Waals surface area contributed by atoms with Crippen molar-refractivity contribution in [3.8, 4) is 0 Å². The first-order valence-corrected chi connectivity index (χ1v) is 9.69. The van der Waals surface area contributed by atoms with Crippen LogP contribution in [-0.4, -0.2) is 34.7 Å². The summed E-state index contributed by atoms with van der Waals surface area (Å²) in [5.41, 5.74) is 5.02. The molecule has 160 valence electrons. The van der Waals surface area contributed by atoms with Crippen LogP contribution in [0, 0.1) is 13.8 Å². The van der Waals surface area contributed by atoms with Crippen LogP contribution in [0.1, 0.15) is 53.1 Å². The highest BCUT2D eigenvalue weighted by Crippen LogP contribution is 2.11. The molecule has 2 aromatic rings. The number of aromatic nitrogens is 2. The van der Waals surface area contributed by atoms with E-state index in [0.717, 1.165) is 23.4 Å². The van der Waals surface area contributed by atoms with Crippen LogP contribution in [0.15, 0.2) is 29.3 Å². The van der Waals surface area contributed by atoms with Crippen molar-refractivity contribution < 1.29 is 4.79 Å². The fourth-order valence-electron chi connectivity index (χ4n) is 2.88. The summed E-state index contributed by atoms with van der Waals surface area (Å²) in [5, 5.41) is 14.1. The molecule has 1 unspecified atom stereocenters. The Morgan fingerprint density at radius 3 is 2.52 bits per heavy atom. The molecule has 1 aromatic carbocycles. The fourth-order valence-corrected chi connectivity index (χ4v) is 2.88. The van der Waals surface area contributed by atoms with Gasteiger partial charge in [-0.05, 0) is 44.9 Å². The standard InChI is InChI=1S/C21H32N6O.HI/c1-7-14(2)25-20(28)18-10-8-9-17(11-18)12-23-21(22-5)24-13-19-15(3)26-27(6)16(19)4;/h8-11,14H,7,12-13H2,1-6H3,(H,25,28)(H2,22,23,24);1H. The summed E-state index contributed by atoms with van der Waals surface area (Å²) in [6.45, 7) is 9.36. The Bertz CT molecular complexity index is 846. The molecular formula is C21H33IN6O. The molecule has 1 aromatic heterocycles. The Morgan fingerprint density at radius 2 is 1.93 bits per heavy atom. The van der Waals surface area contributed by atoms with Gasteiger partial charge in [-0.25, -0.2) is 0 Å². The third-order valence-electron chi connectivity index (χ3n) is 4.95. The van der Waals surface area contributed by atoms with E-state index in [1.54, 1.807) is 7.05 Å². The van der Waals surface area contributed by atoms with E-state index in [0.29, 0.717) is 24.6 Å². The molecule has 0 fully saturated rings. The minimum Gasteiger partial charge on any atom is -0.352 e. The van der Waals surface area contributed by atoms with Crippen molar-refractivity contribution in [1.82, 2.24) is 25.7 Å². The molecule has 3 N–H and O–H groups in total. The van der Waals surface area contributed by atoms with Crippen LogP contribution in [0.4, 0.5) is 0 Å². The molecular weight excluding hydrogens is 479 g/mol. The smallest absolute Gasteiger partial charge is 0.251 e. The van der Waals surface area contributed by atoms with Gasteiger partial charge in [0, 0.05) is 50.0 Å². The summed E-state index contributed by atoms with van der Waals surface area (Å²) in [7, 11) is 3.69. The van der Waals surface area contributed by atoms with Gasteiger partial charge in [0.15, 0.2) is 5.96 Å². The number of amides is 1. The van der Waals surface area contributed by atoms with Crippen LogP contribution in [0.5, 0.6) is 0 Å². The molecule has 7 nitrogen and oxygen atoms in total. The van der Waals surface area contributed by atoms with E-state index >= 15 is 0 Å². The first-order valence-electron chi connectivity index (χ1n) is 9.69. The number of guanidine groups is 1. The number of hydrogen-bond donors (Lipinski definition) is 3. The molecule has 1 heterocycles. The van der Waals surface area contributed by atoms with E-state index in [2.05, 4.69) is 39.9 Å². The summed E-state index contributed by atoms with van der Waals surface area (Å²) < 4.78 is 1.89. The van der Waals surface area contributed by atoms with Gasteiger partial charge in [0.05, 0.1) is 5.69 Å². The Labute approximate surface area is 190 Å². The molecule has 2 rings (SSSR count). The second-order valence-corrected chi connectivity index (χ2v) is 7.04. The molecule has 1 atom stereocenters. The number of rotatable bonds is 7. The van der Waals surface area contributed by atoms with Crippen molar-refractivity contribution in [3.05, 3.63) is 52.3 Å². The van der Waals surface area contributed by atoms with Crippen molar-refractivity contribution >= 4 is 35.8 Å². The second kappa shape index (κ2) is 11.8. The minimum absolute atomic E-state index is 0. The molecule has 0 saturated heterocycles. The lowest BCUT2D eigenvalue weighted by molar-refractivity contribution is 0.0939. The van der Waals surface area contributed by atoms with Gasteiger partial charge in [-0.1, -0.05) is 19.1 Å². The lowest BCUT2D eigenvalue weighted by Crippen LogP contribution is -2.36. The summed E-state index contributed by atoms with van der Waals surface area (Å²) >= 11 is 0. The van der Waals surface area contributed by atoms with E-state index in [1.165, 1.54) is 5.56 Å². The largest absolute Gasteiger partial charge is 0.352 e. The van der Waals surface area contributed by atoms with Gasteiger partial charge < -0.3 is 16.0 Å². The Morgan fingerprint density at radius 1 is 1.24 bits per heavy atom. The molecule has 29 heavy (non-hydrogen) atoms. The maximum absolute atomic E-state index is 12.3. The SMILES string of the molecule is CCC(C)NC(=O)c1cccc(CNC(=NC)NCc2c(C)nn(C)c2C)c1.I. The first-order chi connectivity index (χ1) is 13.3. The van der Waals surface area contributed by atoms with Gasteiger partial charge in [-0.2, -0.15) is 5.10 Å². The van der Waals surface area contributed by atoms with Gasteiger partial charge in [0.25, 0.3) is 5.91 Å². The quantitative estimate of drug-likeness (QED) is 0.303. The van der Waals surface area contributed by atoms with E-state index < -0.39 is 0 Å². The van der Waals surface area contributed by atoms with Crippen molar-refractivity contribution in [2.45, 2.75) is 53.2 Å². The van der Waals surface area contributed by atoms with E-state index in [-0.39, 0.29) is 35.9 Å². The number of nitrogens with one attached hydrogen (secondary N) is 3. The summed E-state index contributed by atoms with van der Waals surface area (Å²) in [5.74, 6) is 0.665. The van der Waals surface area contributed by atoms with Crippen LogP contribution in [-0.2, 0) is 20.1 Å². The predicted molar refractivity (Wildman–Crippen MR) is 129 cm³/mol. The highest BCUT2D eigenvalue weighted by molar-refractivity contribution is 14.0. The number of hydrogen-bond acceptors (Lipinski definition) is 3. The summed E-state index contributed by atoms with van der Waals surface area (Å²) in [4.78, 5) is 16.6. The average Bonchev–Trinajstić information content (AvgIpc) is 2.93. The van der Waals surface area contributed by atoms with Crippen LogP contribution in [0.25, 0.3) is 0 Å². The van der Waals surface area contributed by atoms with Crippen LogP contribution in [0.3, 0.4) is 0 Å². The third-order valence-corrected chi connectivity index (χ3v) is 4.95. The zero-order valence-electron chi connectivity index (χ0n) is 18.2. The molecule has 0 aliphatic carbocycles. The number of carbonyl (C=O) groups is 1. The van der Waals surface area contributed by atoms with Crippen molar-refractivity contribution in [1.29, 1.82) is 0 Å². The first kappa shape index (κ1) is 24.9. The van der Waals surface area contributed by atoms with Gasteiger partial charge in [-0.3, -0.25) is 14.5 Å². The normalized spacial score (nSPS) is 12.1. The summed E-state index contributed by atoms with van der Waals surface area (Å²) in [6.07, 6.45) is 0.908. The fraction of sp³-hybridized carbons (Fsp3) is 0.476. The highest BCUT2D eigenvalue weighted by atomic mass is 127. The number of aliphatic imine (C=N–C) groups is 1. The molecule has 8 heteroatoms. The molecule has 0 spiro atoms. The molecule has 0 aliphatic rings. The second-order valence-electron chi connectivity index (χ2n) is 7.04. The Hall–Kier alpha value is -2.10. The zero-order valence-corrected chi connectivity index (χ0v) is 20.5. The van der Waals surface area contributed by atoms with Crippen molar-refractivity contribution in [2.24, 2.45) is 12.0 Å². The average molecular weight is 512 g/mol. The van der Waals surface area contributed by atoms with Crippen molar-refractivity contribution in [3.63, 3.8) is 0 Å². The lowest BCUT2D eigenvalue weighted by atomic mass is 10.1. The van der Waals surface area contributed by atoms with Crippen LogP contribution in [0.2, 0.25) is 0 Å². The molecule has 1 amide bonds. The van der Waals surface area contributed by atoms with Gasteiger partial charge in [-0.15, -0.1) is 24.0 Å². The maximum Gasteiger partial charge on any atom is 0.251 e. The Balaban J connectivity index is 0.00000420. The van der Waals surface area contributed by atoms with E-state index in [9.17, 15) is 4.79 Å². The predicted octanol–water partition coefficient (Wildman–Crippen LogP) is 3.05. The number of nitrogens with zero attached hydrogens (tertiary/aromatic N) is 3. The highest BCUT2D eigenvalue weighted by Gasteiger charge is 2.11. The molecule has 0 aliphatic heterocycles. The molecule has 0 radical (unpaired) electrons. The van der Waals surface area contributed by atoms with Crippen LogP contribution >= 0.6 is 24.0 Å². The molecule has 0 bridgehead atoms. The number of carbonyl (C=O) groups excluding carboxylic acids is 1. The molecule has 0 saturated carbocycles. The lowest BCUT2D eigenvalue weighted by Gasteiger charge is -2.14. The van der Waals surface area contributed by atoms with Crippen molar-refractivity contribution in [2.75, 3.05) is 7.05 Å². The maximum atomic E-state index is 12.3. The topological polar surface area (TPSA) is 83.3 Å². The number of benzene rings is 1. The zero-order chi connectivity index (χ0) is 20.7. The number of halogens is 1. The number of aryl methyl sites for hydroxylation is 2.